The minimum absolute atomic E-state index is 0.00587. The fourth-order valence-electron chi connectivity index (χ4n) is 2.98. The molecule has 0 radical (unpaired) electrons. The third-order valence-electron chi connectivity index (χ3n) is 4.43. The van der Waals surface area contributed by atoms with Crippen molar-refractivity contribution in [3.63, 3.8) is 0 Å². The van der Waals surface area contributed by atoms with Crippen molar-refractivity contribution in [2.24, 2.45) is 0 Å². The number of hydrogen-bond donors (Lipinski definition) is 1. The first-order chi connectivity index (χ1) is 16.8. The predicted octanol–water partition coefficient (Wildman–Crippen LogP) is 5.15. The largest absolute Gasteiger partial charge is 0.497 e. The van der Waals surface area contributed by atoms with Gasteiger partial charge in [-0.05, 0) is 59.2 Å². The molecule has 11 nitrogen and oxygen atoms in total. The van der Waals surface area contributed by atoms with Gasteiger partial charge in [0.25, 0.3) is 0 Å². The molecule has 2 amide bonds. The van der Waals surface area contributed by atoms with Crippen LogP contribution in [0.5, 0.6) is 5.75 Å². The molecule has 2 heterocycles. The van der Waals surface area contributed by atoms with Gasteiger partial charge in [-0.3, -0.25) is 4.68 Å². The number of anilines is 3. The van der Waals surface area contributed by atoms with Gasteiger partial charge < -0.3 is 19.5 Å². The normalized spacial score (nSPS) is 11.5. The second-order valence-corrected chi connectivity index (χ2v) is 9.93. The number of rotatable bonds is 6. The number of nitrogens with zero attached hydrogens (tertiary/aromatic N) is 5. The fourth-order valence-corrected chi connectivity index (χ4v) is 2.98. The Morgan fingerprint density at radius 1 is 0.917 bits per heavy atom. The van der Waals surface area contributed by atoms with E-state index in [-0.39, 0.29) is 5.82 Å². The Hall–Kier alpha value is -4.15. The Bertz CT molecular complexity index is 1170. The minimum atomic E-state index is -0.912. The monoisotopic (exact) mass is 496 g/mol. The first-order valence-corrected chi connectivity index (χ1v) is 11.3. The van der Waals surface area contributed by atoms with Crippen LogP contribution in [0.2, 0.25) is 0 Å². The second-order valence-electron chi connectivity index (χ2n) is 9.93. The zero-order valence-corrected chi connectivity index (χ0v) is 21.6. The van der Waals surface area contributed by atoms with Gasteiger partial charge in [0, 0.05) is 18.3 Å². The summed E-state index contributed by atoms with van der Waals surface area (Å²) < 4.78 is 17.8. The molecule has 1 aromatic carbocycles. The number of carbonyl (C=O) groups excluding carboxylic acids is 2. The van der Waals surface area contributed by atoms with Crippen LogP contribution >= 0.6 is 0 Å². The molecule has 2 aromatic heterocycles. The van der Waals surface area contributed by atoms with Crippen molar-refractivity contribution in [2.75, 3.05) is 17.3 Å². The van der Waals surface area contributed by atoms with Crippen LogP contribution in [0.1, 0.15) is 47.1 Å². The summed E-state index contributed by atoms with van der Waals surface area (Å²) in [6.45, 7) is 10.8. The molecule has 0 aliphatic heterocycles. The first-order valence-electron chi connectivity index (χ1n) is 11.3. The topological polar surface area (TPSA) is 121 Å². The van der Waals surface area contributed by atoms with Crippen LogP contribution < -0.4 is 15.0 Å². The highest BCUT2D eigenvalue weighted by Gasteiger charge is 2.33. The van der Waals surface area contributed by atoms with Crippen molar-refractivity contribution in [3.8, 4) is 5.75 Å². The van der Waals surface area contributed by atoms with Crippen molar-refractivity contribution in [3.05, 3.63) is 54.5 Å². The second kappa shape index (κ2) is 10.6. The molecule has 0 aliphatic carbocycles. The molecule has 0 atom stereocenters. The summed E-state index contributed by atoms with van der Waals surface area (Å²) in [6, 6.07) is 10.9. The van der Waals surface area contributed by atoms with Crippen molar-refractivity contribution in [1.82, 2.24) is 19.7 Å². The summed E-state index contributed by atoms with van der Waals surface area (Å²) in [5.74, 6) is 1.63. The zero-order chi connectivity index (χ0) is 26.5. The van der Waals surface area contributed by atoms with E-state index < -0.39 is 23.4 Å². The maximum atomic E-state index is 12.9. The van der Waals surface area contributed by atoms with E-state index in [1.165, 1.54) is 12.4 Å². The average molecular weight is 497 g/mol. The lowest BCUT2D eigenvalue weighted by Crippen LogP contribution is -2.44. The van der Waals surface area contributed by atoms with E-state index in [1.807, 2.05) is 30.5 Å². The molecule has 0 saturated heterocycles. The van der Waals surface area contributed by atoms with E-state index in [9.17, 15) is 9.59 Å². The highest BCUT2D eigenvalue weighted by atomic mass is 16.6. The number of aromatic nitrogens is 4. The molecule has 1 N–H and O–H groups in total. The Labute approximate surface area is 210 Å². The standard InChI is InChI=1S/C25H32N6O5/c1-24(2,3)35-22(32)31(23(33)36-25(4,5)6)21-14-20(26-16-27-21)28-19-12-13-30(29-19)15-17-8-10-18(34-7)11-9-17/h8-14,16H,15H2,1-7H3,(H,26,27,28,29). The molecule has 11 heteroatoms. The summed E-state index contributed by atoms with van der Waals surface area (Å²) >= 11 is 0. The molecule has 0 bridgehead atoms. The van der Waals surface area contributed by atoms with E-state index in [0.717, 1.165) is 16.2 Å². The van der Waals surface area contributed by atoms with Crippen LogP contribution in [-0.2, 0) is 16.0 Å². The number of amides is 2. The summed E-state index contributed by atoms with van der Waals surface area (Å²) in [7, 11) is 1.62. The molecular formula is C25H32N6O5. The quantitative estimate of drug-likeness (QED) is 0.494. The van der Waals surface area contributed by atoms with Crippen LogP contribution in [0.3, 0.4) is 0 Å². The molecular weight excluding hydrogens is 464 g/mol. The van der Waals surface area contributed by atoms with Crippen molar-refractivity contribution >= 4 is 29.6 Å². The first kappa shape index (κ1) is 26.5. The summed E-state index contributed by atoms with van der Waals surface area (Å²) in [5, 5.41) is 7.57. The SMILES string of the molecule is COc1ccc(Cn2ccc(Nc3cc(N(C(=O)OC(C)(C)C)C(=O)OC(C)(C)C)ncn3)n2)cc1. The van der Waals surface area contributed by atoms with Gasteiger partial charge >= 0.3 is 12.2 Å². The molecule has 0 saturated carbocycles. The lowest BCUT2D eigenvalue weighted by molar-refractivity contribution is 0.0429. The lowest BCUT2D eigenvalue weighted by Gasteiger charge is -2.28. The Kier molecular flexibility index (Phi) is 7.81. The van der Waals surface area contributed by atoms with E-state index in [0.29, 0.717) is 18.2 Å². The maximum Gasteiger partial charge on any atom is 0.425 e. The van der Waals surface area contributed by atoms with E-state index in [1.54, 1.807) is 59.4 Å². The molecule has 3 rings (SSSR count). The van der Waals surface area contributed by atoms with Crippen molar-refractivity contribution in [2.45, 2.75) is 59.3 Å². The van der Waals surface area contributed by atoms with E-state index in [4.69, 9.17) is 14.2 Å². The summed E-state index contributed by atoms with van der Waals surface area (Å²) in [4.78, 5) is 34.8. The number of carbonyl (C=O) groups is 2. The highest BCUT2D eigenvalue weighted by molar-refractivity contribution is 6.08. The molecule has 3 aromatic rings. The van der Waals surface area contributed by atoms with Crippen LogP contribution in [0, 0.1) is 0 Å². The predicted molar refractivity (Wildman–Crippen MR) is 135 cm³/mol. The molecule has 192 valence electrons. The van der Waals surface area contributed by atoms with Crippen LogP contribution in [0.25, 0.3) is 0 Å². The number of hydrogen-bond acceptors (Lipinski definition) is 9. The fraction of sp³-hybridized carbons (Fsp3) is 0.400. The van der Waals surface area contributed by atoms with Gasteiger partial charge in [-0.1, -0.05) is 12.1 Å². The number of methoxy groups -OCH3 is 1. The van der Waals surface area contributed by atoms with E-state index in [2.05, 4.69) is 20.4 Å². The third-order valence-corrected chi connectivity index (χ3v) is 4.43. The molecule has 0 aliphatic rings. The maximum absolute atomic E-state index is 12.9. The van der Waals surface area contributed by atoms with Gasteiger partial charge in [-0.15, -0.1) is 0 Å². The Morgan fingerprint density at radius 2 is 1.53 bits per heavy atom. The number of nitrogens with one attached hydrogen (secondary N) is 1. The Balaban J connectivity index is 1.79. The Morgan fingerprint density at radius 3 is 2.08 bits per heavy atom. The van der Waals surface area contributed by atoms with Crippen molar-refractivity contribution < 1.29 is 23.8 Å². The smallest absolute Gasteiger partial charge is 0.425 e. The summed E-state index contributed by atoms with van der Waals surface area (Å²) in [6.07, 6.45) is 1.23. The van der Waals surface area contributed by atoms with E-state index >= 15 is 0 Å². The van der Waals surface area contributed by atoms with Gasteiger partial charge in [0.1, 0.15) is 29.1 Å². The van der Waals surface area contributed by atoms with Crippen LogP contribution in [0.4, 0.5) is 27.0 Å². The summed E-state index contributed by atoms with van der Waals surface area (Å²) in [5.41, 5.74) is -0.607. The highest BCUT2D eigenvalue weighted by Crippen LogP contribution is 2.23. The number of benzene rings is 1. The van der Waals surface area contributed by atoms with Crippen LogP contribution in [0.15, 0.2) is 48.9 Å². The third kappa shape index (κ3) is 7.69. The van der Waals surface area contributed by atoms with Gasteiger partial charge in [-0.25, -0.2) is 19.6 Å². The minimum Gasteiger partial charge on any atom is -0.497 e. The lowest BCUT2D eigenvalue weighted by atomic mass is 10.2. The molecule has 0 fully saturated rings. The van der Waals surface area contributed by atoms with Gasteiger partial charge in [0.15, 0.2) is 11.6 Å². The molecule has 36 heavy (non-hydrogen) atoms. The zero-order valence-electron chi connectivity index (χ0n) is 21.6. The molecule has 0 spiro atoms. The van der Waals surface area contributed by atoms with Crippen LogP contribution in [-0.4, -0.2) is 50.2 Å². The van der Waals surface area contributed by atoms with Crippen molar-refractivity contribution in [1.29, 1.82) is 0 Å². The van der Waals surface area contributed by atoms with Gasteiger partial charge in [0.2, 0.25) is 0 Å². The molecule has 0 unspecified atom stereocenters. The number of imide groups is 1. The van der Waals surface area contributed by atoms with Gasteiger partial charge in [0.05, 0.1) is 13.7 Å². The average Bonchev–Trinajstić information content (AvgIpc) is 3.18. The van der Waals surface area contributed by atoms with Gasteiger partial charge in [-0.2, -0.15) is 10.00 Å². The number of ether oxygens (including phenoxy) is 3.